The molecule has 1 aromatic carbocycles. The largest absolute Gasteiger partial charge is 0.507 e. The predicted molar refractivity (Wildman–Crippen MR) is 72.6 cm³/mol. The molecule has 1 aliphatic rings. The second-order valence-corrected chi connectivity index (χ2v) is 5.18. The van der Waals surface area contributed by atoms with Gasteiger partial charge in [-0.1, -0.05) is 16.8 Å². The Bertz CT molecular complexity index is 617. The van der Waals surface area contributed by atoms with Crippen LogP contribution in [0.5, 0.6) is 5.75 Å². The molecule has 2 heterocycles. The molecule has 0 radical (unpaired) electrons. The van der Waals surface area contributed by atoms with E-state index in [-0.39, 0.29) is 17.7 Å². The van der Waals surface area contributed by atoms with E-state index in [4.69, 9.17) is 20.9 Å². The highest BCUT2D eigenvalue weighted by Gasteiger charge is 2.25. The molecule has 0 amide bonds. The summed E-state index contributed by atoms with van der Waals surface area (Å²) in [6.07, 6.45) is -0.215. The van der Waals surface area contributed by atoms with Crippen molar-refractivity contribution in [2.24, 2.45) is 0 Å². The Morgan fingerprint density at radius 2 is 2.30 bits per heavy atom. The fourth-order valence-corrected chi connectivity index (χ4v) is 2.26. The van der Waals surface area contributed by atoms with Gasteiger partial charge in [-0.3, -0.25) is 0 Å². The van der Waals surface area contributed by atoms with Crippen LogP contribution in [0.3, 0.4) is 0 Å². The highest BCUT2D eigenvalue weighted by Crippen LogP contribution is 2.31. The minimum atomic E-state index is -0.215. The van der Waals surface area contributed by atoms with Gasteiger partial charge in [-0.25, -0.2) is 0 Å². The maximum absolute atomic E-state index is 9.82. The molecule has 2 aromatic rings. The first-order valence-electron chi connectivity index (χ1n) is 6.26. The van der Waals surface area contributed by atoms with Crippen molar-refractivity contribution in [2.45, 2.75) is 6.10 Å². The summed E-state index contributed by atoms with van der Waals surface area (Å²) >= 11 is 5.91. The number of halogens is 1. The molecule has 1 unspecified atom stereocenters. The molecule has 1 atom stereocenters. The van der Waals surface area contributed by atoms with Crippen LogP contribution in [0.2, 0.25) is 5.02 Å². The second kappa shape index (κ2) is 5.40. The van der Waals surface area contributed by atoms with Gasteiger partial charge < -0.3 is 19.3 Å². The number of phenolic OH excluding ortho intramolecular Hbond substituents is 1. The van der Waals surface area contributed by atoms with Crippen molar-refractivity contribution in [1.82, 2.24) is 15.0 Å². The summed E-state index contributed by atoms with van der Waals surface area (Å²) < 4.78 is 10.8. The van der Waals surface area contributed by atoms with E-state index in [1.54, 1.807) is 12.1 Å². The van der Waals surface area contributed by atoms with E-state index in [0.717, 1.165) is 6.54 Å². The minimum absolute atomic E-state index is 0.0475. The van der Waals surface area contributed by atoms with Crippen LogP contribution in [0, 0.1) is 0 Å². The average Bonchev–Trinajstić information content (AvgIpc) is 2.91. The normalized spacial score (nSPS) is 20.2. The molecule has 7 heteroatoms. The van der Waals surface area contributed by atoms with Gasteiger partial charge in [0.05, 0.1) is 12.2 Å². The van der Waals surface area contributed by atoms with Crippen molar-refractivity contribution in [1.29, 1.82) is 0 Å². The summed E-state index contributed by atoms with van der Waals surface area (Å²) in [5.41, 5.74) is 0.417. The fourth-order valence-electron chi connectivity index (χ4n) is 2.09. The van der Waals surface area contributed by atoms with Crippen molar-refractivity contribution in [3.63, 3.8) is 0 Å². The molecule has 0 saturated carbocycles. The summed E-state index contributed by atoms with van der Waals surface area (Å²) in [7, 11) is 2.01. The van der Waals surface area contributed by atoms with Crippen LogP contribution in [0.15, 0.2) is 22.7 Å². The van der Waals surface area contributed by atoms with Crippen LogP contribution in [0.25, 0.3) is 11.5 Å². The van der Waals surface area contributed by atoms with Crippen LogP contribution in [0.1, 0.15) is 11.9 Å². The van der Waals surface area contributed by atoms with Gasteiger partial charge in [0.25, 0.3) is 5.89 Å². The van der Waals surface area contributed by atoms with Gasteiger partial charge in [0.1, 0.15) is 11.9 Å². The first kappa shape index (κ1) is 13.4. The number of morpholine rings is 1. The maximum Gasteiger partial charge on any atom is 0.261 e. The molecule has 1 N–H and O–H groups in total. The van der Waals surface area contributed by atoms with Crippen molar-refractivity contribution >= 4 is 11.6 Å². The quantitative estimate of drug-likeness (QED) is 0.915. The van der Waals surface area contributed by atoms with Gasteiger partial charge in [0.15, 0.2) is 0 Å². The number of nitrogens with zero attached hydrogens (tertiary/aromatic N) is 3. The Morgan fingerprint density at radius 1 is 1.45 bits per heavy atom. The van der Waals surface area contributed by atoms with E-state index in [1.165, 1.54) is 6.07 Å². The van der Waals surface area contributed by atoms with Crippen molar-refractivity contribution in [3.8, 4) is 17.2 Å². The molecule has 6 nitrogen and oxygen atoms in total. The summed E-state index contributed by atoms with van der Waals surface area (Å²) in [5, 5.41) is 14.2. The van der Waals surface area contributed by atoms with Gasteiger partial charge in [0.2, 0.25) is 5.82 Å². The third-order valence-corrected chi connectivity index (χ3v) is 3.42. The molecule has 3 rings (SSSR count). The number of aromatic nitrogens is 2. The Balaban J connectivity index is 1.88. The monoisotopic (exact) mass is 295 g/mol. The number of ether oxygens (including phenoxy) is 1. The van der Waals surface area contributed by atoms with Crippen LogP contribution >= 0.6 is 11.6 Å². The lowest BCUT2D eigenvalue weighted by molar-refractivity contribution is -0.0264. The molecule has 1 aliphatic heterocycles. The van der Waals surface area contributed by atoms with Crippen LogP contribution in [-0.4, -0.2) is 46.9 Å². The zero-order valence-electron chi connectivity index (χ0n) is 10.9. The van der Waals surface area contributed by atoms with Gasteiger partial charge in [-0.05, 0) is 25.2 Å². The van der Waals surface area contributed by atoms with Gasteiger partial charge in [0, 0.05) is 18.1 Å². The molecule has 106 valence electrons. The van der Waals surface area contributed by atoms with Gasteiger partial charge in [-0.2, -0.15) is 4.98 Å². The highest BCUT2D eigenvalue weighted by molar-refractivity contribution is 6.30. The van der Waals surface area contributed by atoms with E-state index in [9.17, 15) is 5.11 Å². The van der Waals surface area contributed by atoms with Gasteiger partial charge in [-0.15, -0.1) is 0 Å². The summed E-state index contributed by atoms with van der Waals surface area (Å²) in [6, 6.07) is 4.67. The third-order valence-electron chi connectivity index (χ3n) is 3.19. The van der Waals surface area contributed by atoms with Crippen LogP contribution < -0.4 is 0 Å². The Morgan fingerprint density at radius 3 is 3.10 bits per heavy atom. The van der Waals surface area contributed by atoms with E-state index < -0.39 is 0 Å². The lowest BCUT2D eigenvalue weighted by atomic mass is 10.2. The fraction of sp³-hybridized carbons (Fsp3) is 0.385. The molecule has 20 heavy (non-hydrogen) atoms. The number of rotatable bonds is 2. The zero-order valence-corrected chi connectivity index (χ0v) is 11.7. The zero-order chi connectivity index (χ0) is 14.1. The topological polar surface area (TPSA) is 71.6 Å². The second-order valence-electron chi connectivity index (χ2n) is 4.74. The average molecular weight is 296 g/mol. The van der Waals surface area contributed by atoms with Crippen molar-refractivity contribution in [2.75, 3.05) is 26.7 Å². The molecule has 0 aliphatic carbocycles. The third kappa shape index (κ3) is 2.63. The number of likely N-dealkylation sites (N-methyl/N-ethyl adjacent to an activating group) is 1. The van der Waals surface area contributed by atoms with E-state index in [0.29, 0.717) is 29.6 Å². The molecule has 0 spiro atoms. The number of benzene rings is 1. The van der Waals surface area contributed by atoms with Gasteiger partial charge >= 0.3 is 0 Å². The number of hydrogen-bond donors (Lipinski definition) is 1. The standard InChI is InChI=1S/C13H14ClN3O3/c1-17-4-5-19-11(7-17)12-15-13(20-16-12)9-6-8(14)2-3-10(9)18/h2-3,6,11,18H,4-5,7H2,1H3. The van der Waals surface area contributed by atoms with Crippen molar-refractivity contribution in [3.05, 3.63) is 29.0 Å². The minimum Gasteiger partial charge on any atom is -0.507 e. The summed E-state index contributed by atoms with van der Waals surface area (Å²) in [5.74, 6) is 0.758. The predicted octanol–water partition coefficient (Wildman–Crippen LogP) is 2.10. The molecule has 1 saturated heterocycles. The van der Waals surface area contributed by atoms with E-state index >= 15 is 0 Å². The highest BCUT2D eigenvalue weighted by atomic mass is 35.5. The van der Waals surface area contributed by atoms with E-state index in [1.807, 2.05) is 7.05 Å². The van der Waals surface area contributed by atoms with Crippen LogP contribution in [-0.2, 0) is 4.74 Å². The van der Waals surface area contributed by atoms with Crippen molar-refractivity contribution < 1.29 is 14.4 Å². The lowest BCUT2D eigenvalue weighted by Gasteiger charge is -2.27. The van der Waals surface area contributed by atoms with E-state index in [2.05, 4.69) is 15.0 Å². The Hall–Kier alpha value is -1.63. The SMILES string of the molecule is CN1CCOC(c2noc(-c3cc(Cl)ccc3O)n2)C1. The number of hydrogen-bond acceptors (Lipinski definition) is 6. The molecular weight excluding hydrogens is 282 g/mol. The Labute approximate surface area is 120 Å². The number of aromatic hydroxyl groups is 1. The summed E-state index contributed by atoms with van der Waals surface area (Å²) in [4.78, 5) is 6.43. The first-order valence-corrected chi connectivity index (χ1v) is 6.64. The Kier molecular flexibility index (Phi) is 3.60. The van der Waals surface area contributed by atoms with Crippen LogP contribution in [0.4, 0.5) is 0 Å². The lowest BCUT2D eigenvalue weighted by Crippen LogP contribution is -2.35. The summed E-state index contributed by atoms with van der Waals surface area (Å²) in [6.45, 7) is 2.23. The molecule has 1 fully saturated rings. The smallest absolute Gasteiger partial charge is 0.261 e. The molecular formula is C13H14ClN3O3. The first-order chi connectivity index (χ1) is 9.63. The maximum atomic E-state index is 9.82. The number of phenols is 1. The molecule has 1 aromatic heterocycles. The molecule has 0 bridgehead atoms.